The van der Waals surface area contributed by atoms with Gasteiger partial charge in [0, 0.05) is 18.8 Å². The molecule has 1 aliphatic carbocycles. The molecule has 20 heavy (non-hydrogen) atoms. The van der Waals surface area contributed by atoms with Gasteiger partial charge in [-0.25, -0.2) is 0 Å². The fourth-order valence-electron chi connectivity index (χ4n) is 1.89. The van der Waals surface area contributed by atoms with Crippen molar-refractivity contribution in [3.05, 3.63) is 23.8 Å². The number of nitrogens with one attached hydrogen (secondary N) is 1. The van der Waals surface area contributed by atoms with Crippen LogP contribution in [0, 0.1) is 0 Å². The van der Waals surface area contributed by atoms with E-state index in [0.29, 0.717) is 17.0 Å². The molecule has 2 rings (SSSR count). The Morgan fingerprint density at radius 1 is 1.45 bits per heavy atom. The molecule has 0 saturated heterocycles. The molecule has 108 valence electrons. The number of nitrogens with zero attached hydrogens (tertiary/aromatic N) is 1. The number of hydrogen-bond acceptors (Lipinski definition) is 4. The average molecular weight is 277 g/mol. The fraction of sp³-hybridized carbons (Fsp3) is 0.429. The van der Waals surface area contributed by atoms with E-state index in [4.69, 9.17) is 10.5 Å². The smallest absolute Gasteiger partial charge is 0.257 e. The monoisotopic (exact) mass is 277 g/mol. The van der Waals surface area contributed by atoms with E-state index in [1.807, 2.05) is 0 Å². The quantitative estimate of drug-likeness (QED) is 0.773. The van der Waals surface area contributed by atoms with Crippen LogP contribution in [0.15, 0.2) is 18.2 Å². The zero-order chi connectivity index (χ0) is 14.7. The van der Waals surface area contributed by atoms with Gasteiger partial charge in [0.2, 0.25) is 5.91 Å². The number of nitrogens with two attached hydrogens (primary N) is 1. The van der Waals surface area contributed by atoms with E-state index in [1.54, 1.807) is 25.2 Å². The molecule has 0 atom stereocenters. The molecule has 3 N–H and O–H groups in total. The van der Waals surface area contributed by atoms with E-state index >= 15 is 0 Å². The van der Waals surface area contributed by atoms with E-state index in [9.17, 15) is 9.59 Å². The molecule has 1 aromatic rings. The Bertz CT molecular complexity index is 526. The second-order valence-electron chi connectivity index (χ2n) is 4.96. The molecule has 1 aliphatic rings. The largest absolute Gasteiger partial charge is 0.496 e. The number of likely N-dealkylation sites (N-methyl/N-ethyl adjacent to an activating group) is 1. The Morgan fingerprint density at radius 2 is 2.15 bits per heavy atom. The highest BCUT2D eigenvalue weighted by molar-refractivity contribution is 5.99. The average Bonchev–Trinajstić information content (AvgIpc) is 3.21. The van der Waals surface area contributed by atoms with Crippen LogP contribution >= 0.6 is 0 Å². The lowest BCUT2D eigenvalue weighted by Gasteiger charge is -2.18. The van der Waals surface area contributed by atoms with Gasteiger partial charge in [-0.3, -0.25) is 9.59 Å². The summed E-state index contributed by atoms with van der Waals surface area (Å²) >= 11 is 0. The number of nitrogen functional groups attached to an aromatic ring is 1. The predicted molar refractivity (Wildman–Crippen MR) is 75.5 cm³/mol. The Kier molecular flexibility index (Phi) is 4.12. The summed E-state index contributed by atoms with van der Waals surface area (Å²) in [6, 6.07) is 5.14. The van der Waals surface area contributed by atoms with Crippen molar-refractivity contribution in [1.82, 2.24) is 10.2 Å². The van der Waals surface area contributed by atoms with Gasteiger partial charge in [0.1, 0.15) is 5.75 Å². The lowest BCUT2D eigenvalue weighted by atomic mass is 10.1. The van der Waals surface area contributed by atoms with Gasteiger partial charge >= 0.3 is 0 Å². The van der Waals surface area contributed by atoms with E-state index in [2.05, 4.69) is 5.32 Å². The number of rotatable bonds is 5. The molecular weight excluding hydrogens is 258 g/mol. The van der Waals surface area contributed by atoms with Crippen LogP contribution in [0.5, 0.6) is 5.75 Å². The van der Waals surface area contributed by atoms with Crippen molar-refractivity contribution < 1.29 is 14.3 Å². The zero-order valence-electron chi connectivity index (χ0n) is 11.7. The number of ether oxygens (including phenoxy) is 1. The highest BCUT2D eigenvalue weighted by Crippen LogP contribution is 2.22. The molecular formula is C14H19N3O3. The van der Waals surface area contributed by atoms with Crippen LogP contribution in [0.1, 0.15) is 23.2 Å². The van der Waals surface area contributed by atoms with Crippen LogP contribution in [0.4, 0.5) is 5.69 Å². The van der Waals surface area contributed by atoms with Crippen LogP contribution in [0.25, 0.3) is 0 Å². The molecule has 0 heterocycles. The Hall–Kier alpha value is -2.24. The molecule has 0 radical (unpaired) electrons. The third-order valence-electron chi connectivity index (χ3n) is 3.12. The van der Waals surface area contributed by atoms with Gasteiger partial charge in [0.05, 0.1) is 19.2 Å². The van der Waals surface area contributed by atoms with Crippen LogP contribution in [0.3, 0.4) is 0 Å². The summed E-state index contributed by atoms with van der Waals surface area (Å²) in [5, 5.41) is 2.84. The van der Waals surface area contributed by atoms with Crippen LogP contribution < -0.4 is 15.8 Å². The standard InChI is InChI=1S/C14H19N3O3/c1-17(8-13(18)16-10-4-5-10)14(19)11-7-9(15)3-6-12(11)20-2/h3,6-7,10H,4-5,8,15H2,1-2H3,(H,16,18). The zero-order valence-corrected chi connectivity index (χ0v) is 11.7. The first-order valence-electron chi connectivity index (χ1n) is 6.49. The van der Waals surface area contributed by atoms with Crippen LogP contribution in [-0.2, 0) is 4.79 Å². The molecule has 1 aromatic carbocycles. The van der Waals surface area contributed by atoms with Gasteiger partial charge in [0.15, 0.2) is 0 Å². The van der Waals surface area contributed by atoms with Gasteiger partial charge in [-0.2, -0.15) is 0 Å². The molecule has 1 fully saturated rings. The molecule has 6 nitrogen and oxygen atoms in total. The topological polar surface area (TPSA) is 84.7 Å². The second kappa shape index (κ2) is 5.81. The lowest BCUT2D eigenvalue weighted by molar-refractivity contribution is -0.121. The summed E-state index contributed by atoms with van der Waals surface area (Å²) in [5.41, 5.74) is 6.52. The van der Waals surface area contributed by atoms with Crippen molar-refractivity contribution in [2.24, 2.45) is 0 Å². The van der Waals surface area contributed by atoms with Crippen molar-refractivity contribution in [1.29, 1.82) is 0 Å². The first kappa shape index (κ1) is 14.2. The Morgan fingerprint density at radius 3 is 2.75 bits per heavy atom. The molecule has 0 aromatic heterocycles. The summed E-state index contributed by atoms with van der Waals surface area (Å²) in [7, 11) is 3.07. The third-order valence-corrected chi connectivity index (χ3v) is 3.12. The van der Waals surface area contributed by atoms with Crippen molar-refractivity contribution in [3.8, 4) is 5.75 Å². The number of hydrogen-bond donors (Lipinski definition) is 2. The fourth-order valence-corrected chi connectivity index (χ4v) is 1.89. The van der Waals surface area contributed by atoms with E-state index < -0.39 is 0 Å². The van der Waals surface area contributed by atoms with Crippen molar-refractivity contribution in [2.75, 3.05) is 26.4 Å². The molecule has 0 spiro atoms. The lowest BCUT2D eigenvalue weighted by Crippen LogP contribution is -2.39. The molecule has 0 bridgehead atoms. The minimum Gasteiger partial charge on any atom is -0.496 e. The summed E-state index contributed by atoms with van der Waals surface area (Å²) < 4.78 is 5.15. The first-order chi connectivity index (χ1) is 9.51. The number of methoxy groups -OCH3 is 1. The summed E-state index contributed by atoms with van der Waals surface area (Å²) in [6.45, 7) is 0.0211. The summed E-state index contributed by atoms with van der Waals surface area (Å²) in [6.07, 6.45) is 2.04. The maximum absolute atomic E-state index is 12.3. The summed E-state index contributed by atoms with van der Waals surface area (Å²) in [4.78, 5) is 25.4. The highest BCUT2D eigenvalue weighted by Gasteiger charge is 2.25. The molecule has 1 saturated carbocycles. The van der Waals surface area contributed by atoms with Gasteiger partial charge < -0.3 is 20.7 Å². The summed E-state index contributed by atoms with van der Waals surface area (Å²) in [5.74, 6) is 0.00460. The normalized spacial score (nSPS) is 13.7. The van der Waals surface area contributed by atoms with Gasteiger partial charge in [-0.1, -0.05) is 0 Å². The van der Waals surface area contributed by atoms with Crippen LogP contribution in [0.2, 0.25) is 0 Å². The number of benzene rings is 1. The highest BCUT2D eigenvalue weighted by atomic mass is 16.5. The molecule has 0 unspecified atom stereocenters. The van der Waals surface area contributed by atoms with Gasteiger partial charge in [0.25, 0.3) is 5.91 Å². The van der Waals surface area contributed by atoms with E-state index in [-0.39, 0.29) is 24.4 Å². The number of amides is 2. The van der Waals surface area contributed by atoms with Gasteiger partial charge in [-0.15, -0.1) is 0 Å². The maximum atomic E-state index is 12.3. The number of anilines is 1. The van der Waals surface area contributed by atoms with Gasteiger partial charge in [-0.05, 0) is 31.0 Å². The minimum absolute atomic E-state index is 0.0211. The third kappa shape index (κ3) is 3.40. The number of carbonyl (C=O) groups excluding carboxylic acids is 2. The maximum Gasteiger partial charge on any atom is 0.257 e. The molecule has 0 aliphatic heterocycles. The number of carbonyl (C=O) groups is 2. The van der Waals surface area contributed by atoms with E-state index in [0.717, 1.165) is 12.8 Å². The molecule has 6 heteroatoms. The van der Waals surface area contributed by atoms with Crippen molar-refractivity contribution >= 4 is 17.5 Å². The van der Waals surface area contributed by atoms with Crippen LogP contribution in [-0.4, -0.2) is 43.5 Å². The van der Waals surface area contributed by atoms with Crippen molar-refractivity contribution in [3.63, 3.8) is 0 Å². The van der Waals surface area contributed by atoms with Crippen molar-refractivity contribution in [2.45, 2.75) is 18.9 Å². The van der Waals surface area contributed by atoms with E-state index in [1.165, 1.54) is 12.0 Å². The first-order valence-corrected chi connectivity index (χ1v) is 6.49. The molecule has 2 amide bonds. The SMILES string of the molecule is COc1ccc(N)cc1C(=O)N(C)CC(=O)NC1CC1. The minimum atomic E-state index is -0.292. The second-order valence-corrected chi connectivity index (χ2v) is 4.96. The Balaban J connectivity index is 2.05. The predicted octanol–water partition coefficient (Wildman–Crippen LogP) is 0.628. The Labute approximate surface area is 117 Å².